The molecule has 0 aromatic heterocycles. The third-order valence-electron chi connectivity index (χ3n) is 4.14. The van der Waals surface area contributed by atoms with Gasteiger partial charge in [-0.3, -0.25) is 9.59 Å². The SMILES string of the molecule is Cc1ccc(C(=O)NC(C(=O)NCc2cccc(OC(F)F)c2)C(C)C)cc1. The van der Waals surface area contributed by atoms with Gasteiger partial charge in [-0.25, -0.2) is 0 Å². The molecule has 7 heteroatoms. The number of aryl methyl sites for hydroxylation is 1. The highest BCUT2D eigenvalue weighted by atomic mass is 19.3. The monoisotopic (exact) mass is 390 g/mol. The van der Waals surface area contributed by atoms with Crippen LogP contribution in [0.25, 0.3) is 0 Å². The van der Waals surface area contributed by atoms with Crippen LogP contribution in [0.2, 0.25) is 0 Å². The second-order valence-corrected chi connectivity index (χ2v) is 6.80. The third kappa shape index (κ3) is 6.33. The number of hydrogen-bond acceptors (Lipinski definition) is 3. The highest BCUT2D eigenvalue weighted by Gasteiger charge is 2.24. The van der Waals surface area contributed by atoms with Crippen molar-refractivity contribution in [3.63, 3.8) is 0 Å². The van der Waals surface area contributed by atoms with Crippen LogP contribution in [0.5, 0.6) is 5.75 Å². The van der Waals surface area contributed by atoms with Crippen LogP contribution in [0.1, 0.15) is 35.3 Å². The van der Waals surface area contributed by atoms with Crippen molar-refractivity contribution >= 4 is 11.8 Å². The average molecular weight is 390 g/mol. The van der Waals surface area contributed by atoms with Gasteiger partial charge in [0.25, 0.3) is 5.91 Å². The summed E-state index contributed by atoms with van der Waals surface area (Å²) in [4.78, 5) is 25.0. The lowest BCUT2D eigenvalue weighted by molar-refractivity contribution is -0.124. The van der Waals surface area contributed by atoms with Crippen LogP contribution in [0.4, 0.5) is 8.78 Å². The maximum atomic E-state index is 12.6. The van der Waals surface area contributed by atoms with Gasteiger partial charge < -0.3 is 15.4 Å². The fraction of sp³-hybridized carbons (Fsp3) is 0.333. The molecule has 0 aliphatic rings. The van der Waals surface area contributed by atoms with E-state index in [1.54, 1.807) is 24.3 Å². The summed E-state index contributed by atoms with van der Waals surface area (Å²) in [5, 5.41) is 5.48. The summed E-state index contributed by atoms with van der Waals surface area (Å²) < 4.78 is 29.0. The second kappa shape index (κ2) is 9.82. The van der Waals surface area contributed by atoms with Crippen LogP contribution in [-0.2, 0) is 11.3 Å². The molecule has 2 amide bonds. The van der Waals surface area contributed by atoms with E-state index in [1.807, 2.05) is 32.9 Å². The van der Waals surface area contributed by atoms with Crippen LogP contribution < -0.4 is 15.4 Å². The van der Waals surface area contributed by atoms with Crippen molar-refractivity contribution in [3.05, 3.63) is 65.2 Å². The molecule has 2 aromatic rings. The van der Waals surface area contributed by atoms with Gasteiger partial charge in [-0.05, 0) is 42.7 Å². The maximum Gasteiger partial charge on any atom is 0.387 e. The average Bonchev–Trinajstić information content (AvgIpc) is 2.64. The first-order chi connectivity index (χ1) is 13.3. The molecule has 2 aromatic carbocycles. The molecule has 0 heterocycles. The Labute approximate surface area is 163 Å². The Balaban J connectivity index is 1.99. The zero-order valence-corrected chi connectivity index (χ0v) is 16.0. The lowest BCUT2D eigenvalue weighted by Crippen LogP contribution is -2.49. The first kappa shape index (κ1) is 21.3. The van der Waals surface area contributed by atoms with E-state index < -0.39 is 12.7 Å². The molecule has 28 heavy (non-hydrogen) atoms. The van der Waals surface area contributed by atoms with Gasteiger partial charge in [0.15, 0.2) is 0 Å². The van der Waals surface area contributed by atoms with Gasteiger partial charge >= 0.3 is 6.61 Å². The van der Waals surface area contributed by atoms with Gasteiger partial charge in [-0.1, -0.05) is 43.7 Å². The number of carbonyl (C=O) groups excluding carboxylic acids is 2. The van der Waals surface area contributed by atoms with Crippen molar-refractivity contribution in [1.29, 1.82) is 0 Å². The molecule has 2 rings (SSSR count). The number of carbonyl (C=O) groups is 2. The zero-order valence-electron chi connectivity index (χ0n) is 16.0. The Kier molecular flexibility index (Phi) is 7.49. The first-order valence-corrected chi connectivity index (χ1v) is 8.95. The van der Waals surface area contributed by atoms with Crippen molar-refractivity contribution in [1.82, 2.24) is 10.6 Å². The molecular weight excluding hydrogens is 366 g/mol. The molecule has 0 saturated carbocycles. The summed E-state index contributed by atoms with van der Waals surface area (Å²) in [6.07, 6.45) is 0. The van der Waals surface area contributed by atoms with E-state index in [2.05, 4.69) is 15.4 Å². The number of alkyl halides is 2. The van der Waals surface area contributed by atoms with Gasteiger partial charge in [-0.2, -0.15) is 8.78 Å². The Morgan fingerprint density at radius 3 is 2.36 bits per heavy atom. The Morgan fingerprint density at radius 2 is 1.75 bits per heavy atom. The van der Waals surface area contributed by atoms with Crippen molar-refractivity contribution in [3.8, 4) is 5.75 Å². The van der Waals surface area contributed by atoms with Gasteiger partial charge in [-0.15, -0.1) is 0 Å². The van der Waals surface area contributed by atoms with E-state index in [9.17, 15) is 18.4 Å². The van der Waals surface area contributed by atoms with E-state index in [4.69, 9.17) is 0 Å². The molecule has 0 saturated heterocycles. The largest absolute Gasteiger partial charge is 0.435 e. The summed E-state index contributed by atoms with van der Waals surface area (Å²) in [6.45, 7) is 2.80. The standard InChI is InChI=1S/C21H24F2N2O3/c1-13(2)18(25-19(26)16-9-7-14(3)8-10-16)20(27)24-12-15-5-4-6-17(11-15)28-21(22)23/h4-11,13,18,21H,12H2,1-3H3,(H,24,27)(H,25,26). The molecule has 0 aliphatic carbocycles. The van der Waals surface area contributed by atoms with Crippen molar-refractivity contribution in [2.45, 2.75) is 40.0 Å². The highest BCUT2D eigenvalue weighted by Crippen LogP contribution is 2.16. The molecule has 0 aliphatic heterocycles. The molecular formula is C21H24F2N2O3. The molecule has 0 spiro atoms. The van der Waals surface area contributed by atoms with E-state index in [0.29, 0.717) is 11.1 Å². The van der Waals surface area contributed by atoms with Crippen LogP contribution in [0.15, 0.2) is 48.5 Å². The number of ether oxygens (including phenoxy) is 1. The zero-order chi connectivity index (χ0) is 20.7. The molecule has 1 atom stereocenters. The Hall–Kier alpha value is -2.96. The number of amides is 2. The number of hydrogen-bond donors (Lipinski definition) is 2. The normalized spacial score (nSPS) is 12.0. The number of halogens is 2. The topological polar surface area (TPSA) is 67.4 Å². The van der Waals surface area contributed by atoms with Gasteiger partial charge in [0.05, 0.1) is 0 Å². The lowest BCUT2D eigenvalue weighted by atomic mass is 10.0. The quantitative estimate of drug-likeness (QED) is 0.723. The number of benzene rings is 2. The van der Waals surface area contributed by atoms with E-state index >= 15 is 0 Å². The maximum absolute atomic E-state index is 12.6. The minimum Gasteiger partial charge on any atom is -0.435 e. The van der Waals surface area contributed by atoms with Crippen LogP contribution in [0.3, 0.4) is 0 Å². The molecule has 0 bridgehead atoms. The van der Waals surface area contributed by atoms with Gasteiger partial charge in [0.1, 0.15) is 11.8 Å². The summed E-state index contributed by atoms with van der Waals surface area (Å²) in [6, 6.07) is 12.4. The van der Waals surface area contributed by atoms with Crippen molar-refractivity contribution < 1.29 is 23.1 Å². The van der Waals surface area contributed by atoms with Crippen molar-refractivity contribution in [2.75, 3.05) is 0 Å². The minimum absolute atomic E-state index is 0.0230. The fourth-order valence-electron chi connectivity index (χ4n) is 2.60. The highest BCUT2D eigenvalue weighted by molar-refractivity contribution is 5.97. The summed E-state index contributed by atoms with van der Waals surface area (Å²) in [5.74, 6) is -0.797. The lowest BCUT2D eigenvalue weighted by Gasteiger charge is -2.22. The first-order valence-electron chi connectivity index (χ1n) is 8.95. The molecule has 2 N–H and O–H groups in total. The summed E-state index contributed by atoms with van der Waals surface area (Å²) in [7, 11) is 0. The molecule has 0 radical (unpaired) electrons. The van der Waals surface area contributed by atoms with Gasteiger partial charge in [0.2, 0.25) is 5.91 Å². The van der Waals surface area contributed by atoms with Crippen LogP contribution in [0, 0.1) is 12.8 Å². The van der Waals surface area contributed by atoms with E-state index in [0.717, 1.165) is 5.56 Å². The van der Waals surface area contributed by atoms with Gasteiger partial charge in [0, 0.05) is 12.1 Å². The second-order valence-electron chi connectivity index (χ2n) is 6.80. The van der Waals surface area contributed by atoms with E-state index in [-0.39, 0.29) is 30.0 Å². The Bertz CT molecular complexity index is 808. The molecule has 5 nitrogen and oxygen atoms in total. The predicted molar refractivity (Wildman–Crippen MR) is 102 cm³/mol. The predicted octanol–water partition coefficient (Wildman–Crippen LogP) is 3.67. The fourth-order valence-corrected chi connectivity index (χ4v) is 2.60. The smallest absolute Gasteiger partial charge is 0.387 e. The summed E-state index contributed by atoms with van der Waals surface area (Å²) >= 11 is 0. The van der Waals surface area contributed by atoms with E-state index in [1.165, 1.54) is 12.1 Å². The van der Waals surface area contributed by atoms with Crippen LogP contribution >= 0.6 is 0 Å². The van der Waals surface area contributed by atoms with Crippen LogP contribution in [-0.4, -0.2) is 24.5 Å². The number of rotatable bonds is 8. The molecule has 0 fully saturated rings. The summed E-state index contributed by atoms with van der Waals surface area (Å²) in [5.41, 5.74) is 2.12. The number of nitrogens with one attached hydrogen (secondary N) is 2. The minimum atomic E-state index is -2.91. The molecule has 150 valence electrons. The third-order valence-corrected chi connectivity index (χ3v) is 4.14. The molecule has 1 unspecified atom stereocenters. The Morgan fingerprint density at radius 1 is 1.07 bits per heavy atom. The van der Waals surface area contributed by atoms with Crippen molar-refractivity contribution in [2.24, 2.45) is 5.92 Å².